The van der Waals surface area contributed by atoms with Crippen LogP contribution in [0.5, 0.6) is 0 Å². The summed E-state index contributed by atoms with van der Waals surface area (Å²) in [5.74, 6) is -0.299. The standard InChI is InChI=1S/C17H14N4OS2/c1-23-17-20-24-16-19-15(22)13(14(18)21(16)17)9-11-7-4-6-10-5-2-3-8-12(10)11/h2-9,14H,18H2,1H3/b13-9-. The van der Waals surface area contributed by atoms with E-state index in [9.17, 15) is 4.79 Å². The molecule has 0 fully saturated rings. The average Bonchev–Trinajstić information content (AvgIpc) is 3.01. The molecule has 0 bridgehead atoms. The summed E-state index contributed by atoms with van der Waals surface area (Å²) in [6.07, 6.45) is 3.20. The molecule has 7 heteroatoms. The van der Waals surface area contributed by atoms with Crippen LogP contribution in [-0.4, -0.2) is 33.6 Å². The zero-order valence-corrected chi connectivity index (χ0v) is 14.5. The second-order valence-electron chi connectivity index (χ2n) is 5.35. The second kappa shape index (κ2) is 6.08. The molecule has 0 spiro atoms. The van der Waals surface area contributed by atoms with Gasteiger partial charge in [-0.1, -0.05) is 54.2 Å². The van der Waals surface area contributed by atoms with Gasteiger partial charge in [0.15, 0.2) is 10.3 Å². The topological polar surface area (TPSA) is 71.0 Å². The van der Waals surface area contributed by atoms with Crippen molar-refractivity contribution in [3.05, 3.63) is 53.6 Å². The zero-order chi connectivity index (χ0) is 16.7. The molecular formula is C17H14N4OS2. The molecule has 24 heavy (non-hydrogen) atoms. The Bertz CT molecular complexity index is 930. The van der Waals surface area contributed by atoms with Crippen molar-refractivity contribution < 1.29 is 4.79 Å². The minimum absolute atomic E-state index is 0.299. The van der Waals surface area contributed by atoms with Crippen LogP contribution in [0.15, 0.2) is 57.4 Å². The molecule has 2 aromatic carbocycles. The largest absolute Gasteiger partial charge is 0.307 e. The van der Waals surface area contributed by atoms with Gasteiger partial charge in [0.25, 0.3) is 5.91 Å². The van der Waals surface area contributed by atoms with Crippen molar-refractivity contribution >= 4 is 56.8 Å². The lowest BCUT2D eigenvalue weighted by Crippen LogP contribution is -2.50. The van der Waals surface area contributed by atoms with E-state index in [4.69, 9.17) is 5.73 Å². The number of carbonyl (C=O) groups is 1. The summed E-state index contributed by atoms with van der Waals surface area (Å²) in [4.78, 5) is 18.4. The Morgan fingerprint density at radius 1 is 1.25 bits per heavy atom. The number of benzene rings is 2. The highest BCUT2D eigenvalue weighted by Gasteiger charge is 2.38. The van der Waals surface area contributed by atoms with Gasteiger partial charge in [0.2, 0.25) is 0 Å². The summed E-state index contributed by atoms with van der Waals surface area (Å²) in [7, 11) is 0. The van der Waals surface area contributed by atoms with Gasteiger partial charge in [-0.15, -0.1) is 0 Å². The summed E-state index contributed by atoms with van der Waals surface area (Å²) >= 11 is 2.68. The highest BCUT2D eigenvalue weighted by atomic mass is 32.2. The molecule has 0 saturated heterocycles. The maximum Gasteiger partial charge on any atom is 0.278 e. The van der Waals surface area contributed by atoms with Crippen molar-refractivity contribution in [3.63, 3.8) is 0 Å². The van der Waals surface area contributed by atoms with Crippen molar-refractivity contribution in [3.8, 4) is 0 Å². The molecule has 0 aliphatic carbocycles. The van der Waals surface area contributed by atoms with Gasteiger partial charge in [0.05, 0.1) is 17.5 Å². The lowest BCUT2D eigenvalue weighted by molar-refractivity contribution is -0.115. The number of amidine groups is 2. The second-order valence-corrected chi connectivity index (χ2v) is 6.86. The van der Waals surface area contributed by atoms with E-state index >= 15 is 0 Å². The fourth-order valence-corrected chi connectivity index (χ4v) is 4.33. The third-order valence-corrected chi connectivity index (χ3v) is 5.46. The molecule has 0 radical (unpaired) electrons. The van der Waals surface area contributed by atoms with Gasteiger partial charge in [0.1, 0.15) is 6.17 Å². The number of nitrogens with zero attached hydrogens (tertiary/aromatic N) is 3. The molecule has 2 heterocycles. The Kier molecular flexibility index (Phi) is 3.91. The van der Waals surface area contributed by atoms with Gasteiger partial charge in [-0.25, -0.2) is 0 Å². The number of fused-ring (bicyclic) bond motifs is 2. The Morgan fingerprint density at radius 3 is 2.88 bits per heavy atom. The molecule has 2 aromatic rings. The van der Waals surface area contributed by atoms with Crippen LogP contribution in [0.3, 0.4) is 0 Å². The highest BCUT2D eigenvalue weighted by molar-refractivity contribution is 8.18. The van der Waals surface area contributed by atoms with Crippen molar-refractivity contribution in [2.45, 2.75) is 6.17 Å². The molecule has 4 rings (SSSR count). The van der Waals surface area contributed by atoms with Crippen LogP contribution in [0.4, 0.5) is 0 Å². The fraction of sp³-hybridized carbons (Fsp3) is 0.118. The number of rotatable bonds is 1. The van der Waals surface area contributed by atoms with E-state index in [0.29, 0.717) is 10.7 Å². The number of hydrogen-bond donors (Lipinski definition) is 1. The quantitative estimate of drug-likeness (QED) is 0.629. The first-order valence-corrected chi connectivity index (χ1v) is 9.35. The van der Waals surface area contributed by atoms with Gasteiger partial charge in [-0.05, 0) is 28.7 Å². The molecule has 1 atom stereocenters. The van der Waals surface area contributed by atoms with Gasteiger partial charge in [0, 0.05) is 0 Å². The molecule has 2 N–H and O–H groups in total. The third kappa shape index (κ3) is 2.45. The first kappa shape index (κ1) is 15.4. The van der Waals surface area contributed by atoms with Crippen molar-refractivity contribution in [1.29, 1.82) is 0 Å². The van der Waals surface area contributed by atoms with Crippen molar-refractivity contribution in [1.82, 2.24) is 4.90 Å². The molecule has 2 aliphatic heterocycles. The SMILES string of the molecule is CSC1=NSC2=NC(=O)/C(=C\c3cccc4ccccc34)C(N)N12. The Balaban J connectivity index is 1.82. The van der Waals surface area contributed by atoms with Crippen LogP contribution in [0, 0.1) is 0 Å². The van der Waals surface area contributed by atoms with E-state index in [2.05, 4.69) is 9.39 Å². The van der Waals surface area contributed by atoms with Crippen LogP contribution in [0.1, 0.15) is 5.56 Å². The zero-order valence-electron chi connectivity index (χ0n) is 12.8. The third-order valence-electron chi connectivity index (χ3n) is 3.98. The van der Waals surface area contributed by atoms with Crippen LogP contribution < -0.4 is 5.73 Å². The summed E-state index contributed by atoms with van der Waals surface area (Å²) < 4.78 is 4.31. The average molecular weight is 354 g/mol. The van der Waals surface area contributed by atoms with E-state index in [1.807, 2.05) is 59.7 Å². The maximum atomic E-state index is 12.4. The van der Waals surface area contributed by atoms with E-state index in [1.54, 1.807) is 0 Å². The Labute approximate surface area is 147 Å². The number of aliphatic imine (C=N–C) groups is 1. The number of nitrogens with two attached hydrogens (primary N) is 1. The monoisotopic (exact) mass is 354 g/mol. The fourth-order valence-electron chi connectivity index (χ4n) is 2.81. The van der Waals surface area contributed by atoms with Crippen LogP contribution in [0.2, 0.25) is 0 Å². The van der Waals surface area contributed by atoms with Crippen molar-refractivity contribution in [2.24, 2.45) is 15.1 Å². The molecule has 1 amide bonds. The normalized spacial score (nSPS) is 21.9. The summed E-state index contributed by atoms with van der Waals surface area (Å²) in [6, 6.07) is 14.1. The predicted octanol–water partition coefficient (Wildman–Crippen LogP) is 3.09. The maximum absolute atomic E-state index is 12.4. The first-order chi connectivity index (χ1) is 11.7. The highest BCUT2D eigenvalue weighted by Crippen LogP contribution is 2.32. The van der Waals surface area contributed by atoms with E-state index in [-0.39, 0.29) is 5.91 Å². The van der Waals surface area contributed by atoms with E-state index < -0.39 is 6.17 Å². The number of hydrogen-bond acceptors (Lipinski definition) is 6. The summed E-state index contributed by atoms with van der Waals surface area (Å²) in [6.45, 7) is 0. The number of carbonyl (C=O) groups excluding carboxylic acids is 1. The van der Waals surface area contributed by atoms with Gasteiger partial charge in [-0.3, -0.25) is 9.69 Å². The lowest BCUT2D eigenvalue weighted by atomic mass is 10.0. The van der Waals surface area contributed by atoms with Crippen LogP contribution >= 0.6 is 23.7 Å². The molecule has 1 unspecified atom stereocenters. The van der Waals surface area contributed by atoms with Crippen LogP contribution in [-0.2, 0) is 4.79 Å². The van der Waals surface area contributed by atoms with E-state index in [0.717, 1.165) is 21.5 Å². The molecule has 2 aliphatic rings. The Hall–Kier alpha value is -2.09. The molecule has 0 aromatic heterocycles. The molecule has 120 valence electrons. The lowest BCUT2D eigenvalue weighted by Gasteiger charge is -2.30. The smallest absolute Gasteiger partial charge is 0.278 e. The molecule has 5 nitrogen and oxygen atoms in total. The van der Waals surface area contributed by atoms with Crippen LogP contribution in [0.25, 0.3) is 16.8 Å². The molecular weight excluding hydrogens is 340 g/mol. The van der Waals surface area contributed by atoms with E-state index in [1.165, 1.54) is 23.7 Å². The predicted molar refractivity (Wildman–Crippen MR) is 103 cm³/mol. The Morgan fingerprint density at radius 2 is 2.04 bits per heavy atom. The minimum atomic E-state index is -0.579. The first-order valence-electron chi connectivity index (χ1n) is 7.35. The van der Waals surface area contributed by atoms with Gasteiger partial charge >= 0.3 is 0 Å². The van der Waals surface area contributed by atoms with Gasteiger partial charge < -0.3 is 5.73 Å². The summed E-state index contributed by atoms with van der Waals surface area (Å²) in [5, 5.41) is 3.52. The van der Waals surface area contributed by atoms with Gasteiger partial charge in [-0.2, -0.15) is 9.39 Å². The number of thioether (sulfide) groups is 1. The number of amides is 1. The summed E-state index contributed by atoms with van der Waals surface area (Å²) in [5.41, 5.74) is 7.79. The minimum Gasteiger partial charge on any atom is -0.307 e. The van der Waals surface area contributed by atoms with Crippen molar-refractivity contribution in [2.75, 3.05) is 6.26 Å². The molecule has 0 saturated carbocycles.